The molecule has 7 heteroatoms. The van der Waals surface area contributed by atoms with Gasteiger partial charge in [-0.15, -0.1) is 0 Å². The number of nitrogens with one attached hydrogen (secondary N) is 2. The third-order valence-corrected chi connectivity index (χ3v) is 2.00. The number of aromatic nitrogens is 4. The lowest BCUT2D eigenvalue weighted by Gasteiger charge is -2.11. The Morgan fingerprint density at radius 1 is 1.38 bits per heavy atom. The van der Waals surface area contributed by atoms with Crippen molar-refractivity contribution < 1.29 is 8.78 Å². The largest absolute Gasteiger partial charge is 0.358 e. The average Bonchev–Trinajstić information content (AvgIpc) is 2.75. The second-order valence-corrected chi connectivity index (χ2v) is 3.22. The fourth-order valence-electron chi connectivity index (χ4n) is 1.22. The molecule has 0 bridgehead atoms. The van der Waals surface area contributed by atoms with E-state index in [1.807, 2.05) is 0 Å². The smallest absolute Gasteiger partial charge is 0.168 e. The van der Waals surface area contributed by atoms with Gasteiger partial charge in [-0.25, -0.2) is 18.7 Å². The zero-order valence-electron chi connectivity index (χ0n) is 8.41. The molecule has 0 aliphatic carbocycles. The number of aromatic amines is 1. The van der Waals surface area contributed by atoms with Crippen LogP contribution in [-0.2, 0) is 0 Å². The Labute approximate surface area is 89.9 Å². The molecule has 2 N–H and O–H groups in total. The Morgan fingerprint density at radius 2 is 2.19 bits per heavy atom. The SMILES string of the molecule is CC(Nc1ncc(F)cc1F)c1ncn[nH]1. The summed E-state index contributed by atoms with van der Waals surface area (Å²) in [5, 5.41) is 9.06. The second kappa shape index (κ2) is 4.21. The summed E-state index contributed by atoms with van der Waals surface area (Å²) in [5.74, 6) is -0.933. The maximum Gasteiger partial charge on any atom is 0.168 e. The van der Waals surface area contributed by atoms with E-state index in [1.165, 1.54) is 6.33 Å². The van der Waals surface area contributed by atoms with E-state index >= 15 is 0 Å². The highest BCUT2D eigenvalue weighted by atomic mass is 19.1. The zero-order chi connectivity index (χ0) is 11.5. The molecule has 0 aliphatic rings. The minimum atomic E-state index is -0.744. The Bertz CT molecular complexity index is 471. The predicted molar refractivity (Wildman–Crippen MR) is 52.6 cm³/mol. The van der Waals surface area contributed by atoms with Crippen LogP contribution < -0.4 is 5.32 Å². The molecule has 2 aromatic heterocycles. The third kappa shape index (κ3) is 2.13. The van der Waals surface area contributed by atoms with Crippen LogP contribution in [0.15, 0.2) is 18.6 Å². The van der Waals surface area contributed by atoms with Crippen molar-refractivity contribution in [1.29, 1.82) is 0 Å². The van der Waals surface area contributed by atoms with Gasteiger partial charge in [0.2, 0.25) is 0 Å². The summed E-state index contributed by atoms with van der Waals surface area (Å²) in [6.45, 7) is 1.75. The molecule has 1 atom stereocenters. The van der Waals surface area contributed by atoms with E-state index in [0.29, 0.717) is 5.82 Å². The number of H-pyrrole nitrogens is 1. The van der Waals surface area contributed by atoms with Gasteiger partial charge in [0.1, 0.15) is 18.0 Å². The number of halogens is 2. The van der Waals surface area contributed by atoms with Crippen LogP contribution in [0.2, 0.25) is 0 Å². The van der Waals surface area contributed by atoms with Crippen molar-refractivity contribution in [2.45, 2.75) is 13.0 Å². The van der Waals surface area contributed by atoms with Crippen molar-refractivity contribution in [2.75, 3.05) is 5.32 Å². The standard InChI is InChI=1S/C9H9F2N5/c1-5(8-13-4-14-16-8)15-9-7(11)2-6(10)3-12-9/h2-5H,1H3,(H,12,15)(H,13,14,16). The summed E-state index contributed by atoms with van der Waals surface area (Å²) in [6, 6.07) is 0.470. The molecule has 84 valence electrons. The lowest BCUT2D eigenvalue weighted by Crippen LogP contribution is -2.11. The number of rotatable bonds is 3. The number of pyridine rings is 1. The van der Waals surface area contributed by atoms with E-state index in [9.17, 15) is 8.78 Å². The van der Waals surface area contributed by atoms with Crippen LogP contribution in [0.4, 0.5) is 14.6 Å². The fraction of sp³-hybridized carbons (Fsp3) is 0.222. The summed E-state index contributed by atoms with van der Waals surface area (Å²) < 4.78 is 25.8. The van der Waals surface area contributed by atoms with Gasteiger partial charge in [-0.05, 0) is 6.92 Å². The van der Waals surface area contributed by atoms with Crippen molar-refractivity contribution >= 4 is 5.82 Å². The molecule has 1 unspecified atom stereocenters. The van der Waals surface area contributed by atoms with Crippen LogP contribution >= 0.6 is 0 Å². The van der Waals surface area contributed by atoms with Gasteiger partial charge in [-0.3, -0.25) is 5.10 Å². The summed E-state index contributed by atoms with van der Waals surface area (Å²) in [4.78, 5) is 7.51. The van der Waals surface area contributed by atoms with E-state index in [4.69, 9.17) is 0 Å². The summed E-state index contributed by atoms with van der Waals surface area (Å²) in [6.07, 6.45) is 2.29. The van der Waals surface area contributed by atoms with E-state index < -0.39 is 11.6 Å². The maximum atomic E-state index is 13.2. The molecule has 2 heterocycles. The van der Waals surface area contributed by atoms with E-state index in [2.05, 4.69) is 25.5 Å². The van der Waals surface area contributed by atoms with Crippen molar-refractivity contribution in [1.82, 2.24) is 20.2 Å². The van der Waals surface area contributed by atoms with Crippen LogP contribution in [0.25, 0.3) is 0 Å². The first-order valence-electron chi connectivity index (χ1n) is 4.59. The molecule has 0 saturated carbocycles. The Balaban J connectivity index is 2.15. The van der Waals surface area contributed by atoms with Gasteiger partial charge in [0.15, 0.2) is 11.6 Å². The minimum Gasteiger partial charge on any atom is -0.358 e. The minimum absolute atomic E-state index is 0.0229. The summed E-state index contributed by atoms with van der Waals surface area (Å²) in [5.41, 5.74) is 0. The molecule has 0 spiro atoms. The van der Waals surface area contributed by atoms with E-state index in [-0.39, 0.29) is 11.9 Å². The highest BCUT2D eigenvalue weighted by molar-refractivity contribution is 5.37. The van der Waals surface area contributed by atoms with Gasteiger partial charge in [-0.1, -0.05) is 0 Å². The number of hydrogen-bond acceptors (Lipinski definition) is 4. The first kappa shape index (κ1) is 10.5. The molecule has 0 radical (unpaired) electrons. The van der Waals surface area contributed by atoms with Crippen LogP contribution in [0, 0.1) is 11.6 Å². The summed E-state index contributed by atoms with van der Waals surface area (Å²) in [7, 11) is 0. The van der Waals surface area contributed by atoms with Crippen molar-refractivity contribution in [2.24, 2.45) is 0 Å². The quantitative estimate of drug-likeness (QED) is 0.833. The van der Waals surface area contributed by atoms with Gasteiger partial charge in [0, 0.05) is 6.07 Å². The molecule has 16 heavy (non-hydrogen) atoms. The lowest BCUT2D eigenvalue weighted by molar-refractivity contribution is 0.573. The highest BCUT2D eigenvalue weighted by Gasteiger charge is 2.12. The number of hydrogen-bond donors (Lipinski definition) is 2. The van der Waals surface area contributed by atoms with Crippen molar-refractivity contribution in [3.8, 4) is 0 Å². The normalized spacial score (nSPS) is 12.4. The molecule has 0 amide bonds. The van der Waals surface area contributed by atoms with Gasteiger partial charge < -0.3 is 5.32 Å². The fourth-order valence-corrected chi connectivity index (χ4v) is 1.22. The first-order chi connectivity index (χ1) is 7.66. The molecule has 2 rings (SSSR count). The third-order valence-electron chi connectivity index (χ3n) is 2.00. The van der Waals surface area contributed by atoms with Crippen molar-refractivity contribution in [3.05, 3.63) is 36.0 Å². The topological polar surface area (TPSA) is 66.5 Å². The van der Waals surface area contributed by atoms with Crippen LogP contribution in [0.5, 0.6) is 0 Å². The first-order valence-corrected chi connectivity index (χ1v) is 4.59. The number of nitrogens with zero attached hydrogens (tertiary/aromatic N) is 3. The maximum absolute atomic E-state index is 13.2. The lowest BCUT2D eigenvalue weighted by atomic mass is 10.3. The van der Waals surface area contributed by atoms with Gasteiger partial charge in [-0.2, -0.15) is 5.10 Å². The van der Waals surface area contributed by atoms with E-state index in [0.717, 1.165) is 12.3 Å². The molecule has 2 aromatic rings. The van der Waals surface area contributed by atoms with E-state index in [1.54, 1.807) is 6.92 Å². The monoisotopic (exact) mass is 225 g/mol. The Morgan fingerprint density at radius 3 is 2.81 bits per heavy atom. The predicted octanol–water partition coefficient (Wildman–Crippen LogP) is 1.65. The van der Waals surface area contributed by atoms with Crippen LogP contribution in [0.3, 0.4) is 0 Å². The molecule has 0 aliphatic heterocycles. The highest BCUT2D eigenvalue weighted by Crippen LogP contribution is 2.17. The van der Waals surface area contributed by atoms with Crippen LogP contribution in [0.1, 0.15) is 18.8 Å². The molecular formula is C9H9F2N5. The van der Waals surface area contributed by atoms with Crippen molar-refractivity contribution in [3.63, 3.8) is 0 Å². The molecule has 0 aromatic carbocycles. The Kier molecular flexibility index (Phi) is 2.76. The second-order valence-electron chi connectivity index (χ2n) is 3.22. The molecule has 5 nitrogen and oxygen atoms in total. The molecule has 0 fully saturated rings. The van der Waals surface area contributed by atoms with Gasteiger partial charge in [0.05, 0.1) is 12.2 Å². The summed E-state index contributed by atoms with van der Waals surface area (Å²) >= 11 is 0. The van der Waals surface area contributed by atoms with Crippen LogP contribution in [-0.4, -0.2) is 20.2 Å². The molecular weight excluding hydrogens is 216 g/mol. The molecule has 0 saturated heterocycles. The number of anilines is 1. The van der Waals surface area contributed by atoms with Gasteiger partial charge in [0.25, 0.3) is 0 Å². The zero-order valence-corrected chi connectivity index (χ0v) is 8.41. The van der Waals surface area contributed by atoms with Gasteiger partial charge >= 0.3 is 0 Å². The average molecular weight is 225 g/mol. The Hall–Kier alpha value is -2.05.